The van der Waals surface area contributed by atoms with Crippen LogP contribution in [0.1, 0.15) is 44.4 Å². The summed E-state index contributed by atoms with van der Waals surface area (Å²) in [7, 11) is 0. The number of hydrogen-bond acceptors (Lipinski definition) is 3. The predicted octanol–water partition coefficient (Wildman–Crippen LogP) is 5.33. The number of ether oxygens (including phenoxy) is 2. The monoisotopic (exact) mass is 389 g/mol. The van der Waals surface area contributed by atoms with Gasteiger partial charge in [-0.25, -0.2) is 0 Å². The van der Waals surface area contributed by atoms with Crippen LogP contribution in [0.2, 0.25) is 0 Å². The molecule has 150 valence electrons. The van der Waals surface area contributed by atoms with Crippen LogP contribution < -0.4 is 14.8 Å². The van der Waals surface area contributed by atoms with Crippen LogP contribution in [0.5, 0.6) is 11.5 Å². The van der Waals surface area contributed by atoms with Gasteiger partial charge in [0.25, 0.3) is 5.91 Å². The van der Waals surface area contributed by atoms with Crippen LogP contribution in [0, 0.1) is 6.92 Å². The Labute approximate surface area is 171 Å². The number of amides is 1. The molecule has 1 heterocycles. The van der Waals surface area contributed by atoms with Gasteiger partial charge in [0.05, 0.1) is 6.04 Å². The van der Waals surface area contributed by atoms with Gasteiger partial charge < -0.3 is 14.8 Å². The molecule has 4 heteroatoms. The molecule has 1 aliphatic rings. The molecule has 0 saturated carbocycles. The lowest BCUT2D eigenvalue weighted by Crippen LogP contribution is -2.44. The predicted molar refractivity (Wildman–Crippen MR) is 115 cm³/mol. The van der Waals surface area contributed by atoms with E-state index in [2.05, 4.69) is 11.4 Å². The van der Waals surface area contributed by atoms with Crippen LogP contribution in [-0.2, 0) is 4.79 Å². The van der Waals surface area contributed by atoms with Crippen molar-refractivity contribution in [2.45, 2.75) is 51.9 Å². The molecule has 4 nitrogen and oxygen atoms in total. The van der Waals surface area contributed by atoms with Crippen LogP contribution in [0.15, 0.2) is 60.7 Å². The minimum Gasteiger partial charge on any atom is -0.487 e. The summed E-state index contributed by atoms with van der Waals surface area (Å²) in [5, 5.41) is 5.28. The van der Waals surface area contributed by atoms with Crippen LogP contribution in [-0.4, -0.2) is 17.6 Å². The molecule has 3 aromatic carbocycles. The highest BCUT2D eigenvalue weighted by atomic mass is 16.5. The normalized spacial score (nSPS) is 18.4. The van der Waals surface area contributed by atoms with Gasteiger partial charge in [-0.05, 0) is 45.2 Å². The van der Waals surface area contributed by atoms with Gasteiger partial charge in [-0.3, -0.25) is 4.79 Å². The maximum Gasteiger partial charge on any atom is 0.261 e. The molecule has 1 amide bonds. The molecule has 4 rings (SSSR count). The van der Waals surface area contributed by atoms with E-state index in [4.69, 9.17) is 9.47 Å². The van der Waals surface area contributed by atoms with E-state index in [-0.39, 0.29) is 17.6 Å². The molecular weight excluding hydrogens is 362 g/mol. The average molecular weight is 389 g/mol. The summed E-state index contributed by atoms with van der Waals surface area (Å²) in [5.74, 6) is 1.42. The summed E-state index contributed by atoms with van der Waals surface area (Å²) >= 11 is 0. The molecular formula is C25H27NO3. The van der Waals surface area contributed by atoms with Crippen molar-refractivity contribution in [1.82, 2.24) is 5.32 Å². The van der Waals surface area contributed by atoms with E-state index in [0.717, 1.165) is 27.6 Å². The van der Waals surface area contributed by atoms with Crippen molar-refractivity contribution in [2.24, 2.45) is 0 Å². The Bertz CT molecular complexity index is 1050. The third-order valence-electron chi connectivity index (χ3n) is 5.36. The third kappa shape index (κ3) is 4.07. The number of carbonyl (C=O) groups is 1. The van der Waals surface area contributed by atoms with Crippen LogP contribution in [0.4, 0.5) is 0 Å². The van der Waals surface area contributed by atoms with Crippen molar-refractivity contribution in [3.63, 3.8) is 0 Å². The average Bonchev–Trinajstić information content (AvgIpc) is 2.68. The highest BCUT2D eigenvalue weighted by Crippen LogP contribution is 2.40. The lowest BCUT2D eigenvalue weighted by atomic mass is 9.89. The van der Waals surface area contributed by atoms with Gasteiger partial charge in [-0.2, -0.15) is 0 Å². The fourth-order valence-corrected chi connectivity index (χ4v) is 3.93. The summed E-state index contributed by atoms with van der Waals surface area (Å²) in [5.41, 5.74) is 1.82. The first kappa shape index (κ1) is 19.3. The summed E-state index contributed by atoms with van der Waals surface area (Å²) in [6.07, 6.45) is 0.0935. The van der Waals surface area contributed by atoms with Crippen LogP contribution in [0.25, 0.3) is 10.8 Å². The Hall–Kier alpha value is -3.01. The maximum atomic E-state index is 13.0. The minimum absolute atomic E-state index is 0.111. The molecule has 1 N–H and O–H groups in total. The number of benzene rings is 3. The molecule has 2 atom stereocenters. The zero-order chi connectivity index (χ0) is 20.6. The van der Waals surface area contributed by atoms with E-state index in [1.807, 2.05) is 75.4 Å². The molecule has 0 radical (unpaired) electrons. The fraction of sp³-hybridized carbons (Fsp3) is 0.320. The standard InChI is InChI=1S/C25H27NO3/c1-16-12-13-23-20(14-16)21(15-25(3,4)29-23)26-24(27)17(2)28-22-11-7-9-18-8-5-6-10-19(18)22/h5-14,17,21H,15H2,1-4H3,(H,26,27)/t17-,21+/m0/s1. The van der Waals surface area contributed by atoms with Gasteiger partial charge >= 0.3 is 0 Å². The van der Waals surface area contributed by atoms with E-state index in [1.165, 1.54) is 0 Å². The van der Waals surface area contributed by atoms with Gasteiger partial charge in [-0.15, -0.1) is 0 Å². The fourth-order valence-electron chi connectivity index (χ4n) is 3.93. The largest absolute Gasteiger partial charge is 0.487 e. The Kier molecular flexibility index (Phi) is 4.95. The first-order valence-electron chi connectivity index (χ1n) is 10.1. The Balaban J connectivity index is 1.54. The van der Waals surface area contributed by atoms with E-state index in [1.54, 1.807) is 6.92 Å². The van der Waals surface area contributed by atoms with Crippen molar-refractivity contribution in [3.8, 4) is 11.5 Å². The van der Waals surface area contributed by atoms with Crippen LogP contribution in [0.3, 0.4) is 0 Å². The highest BCUT2D eigenvalue weighted by Gasteiger charge is 2.35. The number of hydrogen-bond donors (Lipinski definition) is 1. The smallest absolute Gasteiger partial charge is 0.261 e. The summed E-state index contributed by atoms with van der Waals surface area (Å²) in [6.45, 7) is 7.93. The summed E-state index contributed by atoms with van der Waals surface area (Å²) in [6, 6.07) is 19.9. The molecule has 3 aromatic rings. The molecule has 0 spiro atoms. The quantitative estimate of drug-likeness (QED) is 0.656. The molecule has 29 heavy (non-hydrogen) atoms. The zero-order valence-electron chi connectivity index (χ0n) is 17.4. The number of aryl methyl sites for hydroxylation is 1. The zero-order valence-corrected chi connectivity index (χ0v) is 17.4. The molecule has 0 unspecified atom stereocenters. The summed E-state index contributed by atoms with van der Waals surface area (Å²) in [4.78, 5) is 13.0. The van der Waals surface area contributed by atoms with E-state index < -0.39 is 6.10 Å². The van der Waals surface area contributed by atoms with Crippen molar-refractivity contribution < 1.29 is 14.3 Å². The SMILES string of the molecule is Cc1ccc2c(c1)[C@H](NC(=O)[C@H](C)Oc1cccc3ccccc13)CC(C)(C)O2. The third-order valence-corrected chi connectivity index (χ3v) is 5.36. The lowest BCUT2D eigenvalue weighted by Gasteiger charge is -2.38. The molecule has 1 aliphatic heterocycles. The van der Waals surface area contributed by atoms with E-state index >= 15 is 0 Å². The molecule has 0 aromatic heterocycles. The second-order valence-corrected chi connectivity index (χ2v) is 8.41. The lowest BCUT2D eigenvalue weighted by molar-refractivity contribution is -0.128. The van der Waals surface area contributed by atoms with E-state index in [9.17, 15) is 4.79 Å². The van der Waals surface area contributed by atoms with E-state index in [0.29, 0.717) is 12.2 Å². The van der Waals surface area contributed by atoms with Crippen LogP contribution >= 0.6 is 0 Å². The molecule has 0 bridgehead atoms. The van der Waals surface area contributed by atoms with Gasteiger partial charge in [0.2, 0.25) is 0 Å². The van der Waals surface area contributed by atoms with Crippen molar-refractivity contribution >= 4 is 16.7 Å². The second kappa shape index (κ2) is 7.43. The van der Waals surface area contributed by atoms with Gasteiger partial charge in [0.15, 0.2) is 6.10 Å². The molecule has 0 fully saturated rings. The van der Waals surface area contributed by atoms with Crippen molar-refractivity contribution in [3.05, 3.63) is 71.8 Å². The number of rotatable bonds is 4. The maximum absolute atomic E-state index is 13.0. The summed E-state index contributed by atoms with van der Waals surface area (Å²) < 4.78 is 12.2. The first-order chi connectivity index (χ1) is 13.8. The van der Waals surface area contributed by atoms with Gasteiger partial charge in [0, 0.05) is 17.4 Å². The Morgan fingerprint density at radius 2 is 1.90 bits per heavy atom. The highest BCUT2D eigenvalue weighted by molar-refractivity contribution is 5.89. The molecule has 0 saturated heterocycles. The topological polar surface area (TPSA) is 47.6 Å². The number of fused-ring (bicyclic) bond motifs is 2. The van der Waals surface area contributed by atoms with Gasteiger partial charge in [-0.1, -0.05) is 54.1 Å². The van der Waals surface area contributed by atoms with Crippen molar-refractivity contribution in [1.29, 1.82) is 0 Å². The number of nitrogens with one attached hydrogen (secondary N) is 1. The molecule has 0 aliphatic carbocycles. The Morgan fingerprint density at radius 3 is 2.72 bits per heavy atom. The Morgan fingerprint density at radius 1 is 1.14 bits per heavy atom. The second-order valence-electron chi connectivity index (χ2n) is 8.41. The first-order valence-corrected chi connectivity index (χ1v) is 10.1. The van der Waals surface area contributed by atoms with Gasteiger partial charge in [0.1, 0.15) is 17.1 Å². The van der Waals surface area contributed by atoms with Crippen molar-refractivity contribution in [2.75, 3.05) is 0 Å². The minimum atomic E-state index is -0.611. The number of carbonyl (C=O) groups excluding carboxylic acids is 1.